The summed E-state index contributed by atoms with van der Waals surface area (Å²) in [7, 11) is 0. The molecule has 0 N–H and O–H groups in total. The van der Waals surface area contributed by atoms with Crippen molar-refractivity contribution >= 4 is 22.1 Å². The van der Waals surface area contributed by atoms with Crippen LogP contribution in [-0.4, -0.2) is 14.5 Å². The van der Waals surface area contributed by atoms with Gasteiger partial charge in [-0.1, -0.05) is 18.2 Å². The van der Waals surface area contributed by atoms with E-state index >= 15 is 0 Å². The van der Waals surface area contributed by atoms with Gasteiger partial charge in [0.2, 0.25) is 11.5 Å². The number of furan rings is 1. The van der Waals surface area contributed by atoms with Crippen LogP contribution in [0, 0.1) is 5.82 Å². The van der Waals surface area contributed by atoms with Crippen LogP contribution in [0.25, 0.3) is 33.5 Å². The van der Waals surface area contributed by atoms with Crippen LogP contribution < -0.4 is 5.56 Å². The van der Waals surface area contributed by atoms with Crippen molar-refractivity contribution in [2.75, 3.05) is 0 Å². The minimum Gasteiger partial charge on any atom is -0.448 e. The number of oxazole rings is 1. The number of benzene rings is 2. The van der Waals surface area contributed by atoms with Crippen molar-refractivity contribution in [1.29, 1.82) is 0 Å². The van der Waals surface area contributed by atoms with Crippen LogP contribution in [0.15, 0.2) is 74.8 Å². The van der Waals surface area contributed by atoms with E-state index in [-0.39, 0.29) is 29.4 Å². The van der Waals surface area contributed by atoms with Crippen LogP contribution in [0.3, 0.4) is 0 Å². The zero-order valence-electron chi connectivity index (χ0n) is 13.9. The highest BCUT2D eigenvalue weighted by molar-refractivity contribution is 6.01. The number of para-hydroxylation sites is 1. The van der Waals surface area contributed by atoms with Gasteiger partial charge in [0.1, 0.15) is 23.2 Å². The van der Waals surface area contributed by atoms with Crippen molar-refractivity contribution in [3.63, 3.8) is 0 Å². The first-order valence-corrected chi connectivity index (χ1v) is 8.26. The molecule has 5 aromatic rings. The molecule has 6 nitrogen and oxygen atoms in total. The van der Waals surface area contributed by atoms with Crippen LogP contribution >= 0.6 is 0 Å². The molecule has 0 atom stereocenters. The minimum atomic E-state index is -0.372. The first-order chi connectivity index (χ1) is 13.2. The lowest BCUT2D eigenvalue weighted by Gasteiger charge is -2.01. The van der Waals surface area contributed by atoms with Crippen LogP contribution in [0.1, 0.15) is 5.69 Å². The topological polar surface area (TPSA) is 74.1 Å². The van der Waals surface area contributed by atoms with Gasteiger partial charge in [0.25, 0.3) is 5.56 Å². The van der Waals surface area contributed by atoms with Crippen LogP contribution in [-0.2, 0) is 6.54 Å². The predicted octanol–water partition coefficient (Wildman–Crippen LogP) is 3.99. The molecule has 0 aliphatic rings. The zero-order chi connectivity index (χ0) is 18.4. The highest BCUT2D eigenvalue weighted by atomic mass is 19.1. The van der Waals surface area contributed by atoms with Crippen molar-refractivity contribution in [1.82, 2.24) is 14.5 Å². The van der Waals surface area contributed by atoms with E-state index in [4.69, 9.17) is 8.83 Å². The summed E-state index contributed by atoms with van der Waals surface area (Å²) in [5, 5.41) is 0.798. The van der Waals surface area contributed by atoms with Crippen LogP contribution in [0.5, 0.6) is 0 Å². The lowest BCUT2D eigenvalue weighted by molar-refractivity contribution is 0.568. The molecule has 3 heterocycles. The van der Waals surface area contributed by atoms with Crippen LogP contribution in [0.4, 0.5) is 4.39 Å². The Labute approximate surface area is 151 Å². The SMILES string of the molecule is O=c1c2oc3ccccc3c2ncn1Cc1coc(-c2cccc(F)c2)n1. The van der Waals surface area contributed by atoms with E-state index in [1.165, 1.54) is 29.3 Å². The second-order valence-corrected chi connectivity index (χ2v) is 6.11. The third-order valence-corrected chi connectivity index (χ3v) is 4.31. The molecule has 0 amide bonds. The summed E-state index contributed by atoms with van der Waals surface area (Å²) < 4.78 is 25.8. The molecule has 2 aromatic carbocycles. The Morgan fingerprint density at radius 2 is 2.00 bits per heavy atom. The quantitative estimate of drug-likeness (QED) is 0.486. The van der Waals surface area contributed by atoms with E-state index < -0.39 is 0 Å². The Balaban J connectivity index is 1.53. The highest BCUT2D eigenvalue weighted by Crippen LogP contribution is 2.24. The Hall–Kier alpha value is -3.74. The summed E-state index contributed by atoms with van der Waals surface area (Å²) in [5.74, 6) is -0.0849. The number of rotatable bonds is 3. The number of halogens is 1. The molecule has 0 saturated carbocycles. The minimum absolute atomic E-state index is 0.164. The van der Waals surface area contributed by atoms with Gasteiger partial charge in [0.15, 0.2) is 0 Å². The van der Waals surface area contributed by atoms with Gasteiger partial charge in [-0.25, -0.2) is 14.4 Å². The van der Waals surface area contributed by atoms with Crippen molar-refractivity contribution < 1.29 is 13.2 Å². The molecule has 0 fully saturated rings. The summed E-state index contributed by atoms with van der Waals surface area (Å²) in [6.07, 6.45) is 2.90. The molecule has 0 aliphatic heterocycles. The van der Waals surface area contributed by atoms with Crippen molar-refractivity contribution in [3.8, 4) is 11.5 Å². The Bertz CT molecular complexity index is 1350. The summed E-state index contributed by atoms with van der Waals surface area (Å²) in [6, 6.07) is 13.3. The van der Waals surface area contributed by atoms with Crippen LogP contribution in [0.2, 0.25) is 0 Å². The maximum absolute atomic E-state index is 13.4. The molecule has 0 spiro atoms. The molecule has 0 aliphatic carbocycles. The fourth-order valence-electron chi connectivity index (χ4n) is 3.04. The van der Waals surface area contributed by atoms with Crippen molar-refractivity contribution in [2.24, 2.45) is 0 Å². The second-order valence-electron chi connectivity index (χ2n) is 6.11. The fraction of sp³-hybridized carbons (Fsp3) is 0.0500. The largest absolute Gasteiger partial charge is 0.448 e. The van der Waals surface area contributed by atoms with E-state index in [9.17, 15) is 9.18 Å². The lowest BCUT2D eigenvalue weighted by Crippen LogP contribution is -2.20. The number of fused-ring (bicyclic) bond motifs is 3. The van der Waals surface area contributed by atoms with Gasteiger partial charge in [-0.3, -0.25) is 9.36 Å². The normalized spacial score (nSPS) is 11.4. The number of hydrogen-bond donors (Lipinski definition) is 0. The molecule has 0 radical (unpaired) electrons. The number of hydrogen-bond acceptors (Lipinski definition) is 5. The highest BCUT2D eigenvalue weighted by Gasteiger charge is 2.14. The van der Waals surface area contributed by atoms with E-state index in [0.29, 0.717) is 22.4 Å². The Kier molecular flexibility index (Phi) is 3.39. The third-order valence-electron chi connectivity index (χ3n) is 4.31. The van der Waals surface area contributed by atoms with E-state index in [1.807, 2.05) is 18.2 Å². The molecule has 132 valence electrons. The average Bonchev–Trinajstić information content (AvgIpc) is 3.29. The maximum Gasteiger partial charge on any atom is 0.297 e. The standard InChI is InChI=1S/C20H12FN3O3/c21-13-5-3-4-12(8-13)19-23-14(10-26-19)9-24-11-22-17-15-6-1-2-7-16(15)27-18(17)20(24)25/h1-8,10-11H,9H2. The number of nitrogens with zero attached hydrogens (tertiary/aromatic N) is 3. The first-order valence-electron chi connectivity index (χ1n) is 8.26. The van der Waals surface area contributed by atoms with Gasteiger partial charge in [-0.05, 0) is 30.3 Å². The molecule has 3 aromatic heterocycles. The zero-order valence-corrected chi connectivity index (χ0v) is 13.9. The summed E-state index contributed by atoms with van der Waals surface area (Å²) in [6.45, 7) is 0.164. The molecular weight excluding hydrogens is 349 g/mol. The molecule has 7 heteroatoms. The Morgan fingerprint density at radius 3 is 2.89 bits per heavy atom. The smallest absolute Gasteiger partial charge is 0.297 e. The molecule has 5 rings (SSSR count). The Morgan fingerprint density at radius 1 is 1.11 bits per heavy atom. The summed E-state index contributed by atoms with van der Waals surface area (Å²) in [4.78, 5) is 21.4. The molecular formula is C20H12FN3O3. The van der Waals surface area contributed by atoms with Gasteiger partial charge in [0.05, 0.1) is 18.6 Å². The van der Waals surface area contributed by atoms with Gasteiger partial charge in [0, 0.05) is 10.9 Å². The summed E-state index contributed by atoms with van der Waals surface area (Å²) in [5.41, 5.74) is 2.10. The lowest BCUT2D eigenvalue weighted by atomic mass is 10.2. The van der Waals surface area contributed by atoms with Gasteiger partial charge in [-0.15, -0.1) is 0 Å². The van der Waals surface area contributed by atoms with E-state index in [0.717, 1.165) is 5.39 Å². The second kappa shape index (κ2) is 5.91. The predicted molar refractivity (Wildman–Crippen MR) is 96.8 cm³/mol. The van der Waals surface area contributed by atoms with E-state index in [2.05, 4.69) is 9.97 Å². The molecule has 0 bridgehead atoms. The van der Waals surface area contributed by atoms with E-state index in [1.54, 1.807) is 18.2 Å². The van der Waals surface area contributed by atoms with Gasteiger partial charge in [-0.2, -0.15) is 0 Å². The monoisotopic (exact) mass is 361 g/mol. The maximum atomic E-state index is 13.4. The van der Waals surface area contributed by atoms with Gasteiger partial charge >= 0.3 is 0 Å². The van der Waals surface area contributed by atoms with Gasteiger partial charge < -0.3 is 8.83 Å². The first kappa shape index (κ1) is 15.5. The molecule has 0 saturated heterocycles. The average molecular weight is 361 g/mol. The summed E-state index contributed by atoms with van der Waals surface area (Å²) >= 11 is 0. The van der Waals surface area contributed by atoms with Crippen molar-refractivity contribution in [3.05, 3.63) is 83.0 Å². The third kappa shape index (κ3) is 2.60. The molecule has 27 heavy (non-hydrogen) atoms. The van der Waals surface area contributed by atoms with Crippen molar-refractivity contribution in [2.45, 2.75) is 6.54 Å². The fourth-order valence-corrected chi connectivity index (χ4v) is 3.04. The number of aromatic nitrogens is 3. The molecule has 0 unspecified atom stereocenters.